The van der Waals surface area contributed by atoms with E-state index in [1.807, 2.05) is 0 Å². The first-order chi connectivity index (χ1) is 12.6. The second-order valence-electron chi connectivity index (χ2n) is 6.09. The van der Waals surface area contributed by atoms with Crippen molar-refractivity contribution >= 4 is 17.6 Å². The van der Waals surface area contributed by atoms with Crippen LogP contribution in [0.4, 0.5) is 18.9 Å². The lowest BCUT2D eigenvalue weighted by Gasteiger charge is -2.27. The lowest BCUT2D eigenvalue weighted by molar-refractivity contribution is -0.385. The average Bonchev–Trinajstić information content (AvgIpc) is 2.61. The highest BCUT2D eigenvalue weighted by atomic mass is 19.4. The molecule has 0 spiro atoms. The van der Waals surface area contributed by atoms with Crippen LogP contribution in [0.15, 0.2) is 18.2 Å². The Kier molecular flexibility index (Phi) is 6.37. The molecule has 1 saturated heterocycles. The highest BCUT2D eigenvalue weighted by Gasteiger charge is 2.35. The van der Waals surface area contributed by atoms with E-state index >= 15 is 0 Å². The Hall–Kier alpha value is -2.69. The van der Waals surface area contributed by atoms with Gasteiger partial charge >= 0.3 is 12.1 Å². The first kappa shape index (κ1) is 20.6. The maximum absolute atomic E-state index is 12.7. The SMILES string of the molecule is O=C(NCC(C(=O)O)C1CCOCC1)c1ccc(C(F)(F)F)cc1[N+](=O)[O-]. The molecule has 27 heavy (non-hydrogen) atoms. The molecule has 2 N–H and O–H groups in total. The third-order valence-corrected chi connectivity index (χ3v) is 4.40. The van der Waals surface area contributed by atoms with E-state index in [4.69, 9.17) is 4.74 Å². The molecule has 1 amide bonds. The summed E-state index contributed by atoms with van der Waals surface area (Å²) < 4.78 is 43.3. The maximum atomic E-state index is 12.7. The normalized spacial score (nSPS) is 16.6. The van der Waals surface area contributed by atoms with Crippen LogP contribution < -0.4 is 5.32 Å². The molecule has 0 aromatic heterocycles. The van der Waals surface area contributed by atoms with Gasteiger partial charge in [-0.25, -0.2) is 0 Å². The molecule has 0 bridgehead atoms. The van der Waals surface area contributed by atoms with E-state index in [1.165, 1.54) is 0 Å². The summed E-state index contributed by atoms with van der Waals surface area (Å²) in [5.74, 6) is -3.30. The minimum Gasteiger partial charge on any atom is -0.481 e. The molecule has 8 nitrogen and oxygen atoms in total. The minimum absolute atomic E-state index is 0.237. The van der Waals surface area contributed by atoms with Crippen molar-refractivity contribution in [1.82, 2.24) is 5.32 Å². The number of carboxylic acids is 1. The Balaban J connectivity index is 2.16. The summed E-state index contributed by atoms with van der Waals surface area (Å²) in [6.07, 6.45) is -3.81. The molecule has 11 heteroatoms. The maximum Gasteiger partial charge on any atom is 0.416 e. The van der Waals surface area contributed by atoms with E-state index in [2.05, 4.69) is 5.32 Å². The van der Waals surface area contributed by atoms with Gasteiger partial charge < -0.3 is 15.2 Å². The van der Waals surface area contributed by atoms with Gasteiger partial charge in [0.25, 0.3) is 11.6 Å². The zero-order valence-electron chi connectivity index (χ0n) is 14.0. The number of benzene rings is 1. The molecular weight excluding hydrogens is 373 g/mol. The number of aliphatic carboxylic acids is 1. The molecule has 0 saturated carbocycles. The molecular formula is C16H17F3N2O6. The molecule has 1 aromatic rings. The number of nitro groups is 1. The number of carbonyl (C=O) groups excluding carboxylic acids is 1. The minimum atomic E-state index is -4.79. The number of rotatable bonds is 6. The van der Waals surface area contributed by atoms with Crippen molar-refractivity contribution in [2.24, 2.45) is 11.8 Å². The molecule has 1 fully saturated rings. The second kappa shape index (κ2) is 8.33. The molecule has 1 unspecified atom stereocenters. The zero-order chi connectivity index (χ0) is 20.2. The third kappa shape index (κ3) is 5.16. The highest BCUT2D eigenvalue weighted by molar-refractivity contribution is 5.98. The van der Waals surface area contributed by atoms with E-state index < -0.39 is 45.7 Å². The predicted octanol–water partition coefficient (Wildman–Crippen LogP) is 2.47. The van der Waals surface area contributed by atoms with Gasteiger partial charge in [0.2, 0.25) is 0 Å². The summed E-state index contributed by atoms with van der Waals surface area (Å²) in [6.45, 7) is 0.497. The molecule has 0 aliphatic carbocycles. The van der Waals surface area contributed by atoms with Crippen molar-refractivity contribution in [3.63, 3.8) is 0 Å². The van der Waals surface area contributed by atoms with Crippen molar-refractivity contribution in [3.8, 4) is 0 Å². The monoisotopic (exact) mass is 390 g/mol. The van der Waals surface area contributed by atoms with E-state index in [1.54, 1.807) is 0 Å². The van der Waals surface area contributed by atoms with Crippen molar-refractivity contribution < 1.29 is 37.5 Å². The van der Waals surface area contributed by atoms with Gasteiger partial charge in [-0.15, -0.1) is 0 Å². The van der Waals surface area contributed by atoms with Crippen LogP contribution in [0.2, 0.25) is 0 Å². The summed E-state index contributed by atoms with van der Waals surface area (Å²) in [6, 6.07) is 1.55. The van der Waals surface area contributed by atoms with Gasteiger partial charge in [-0.05, 0) is 30.9 Å². The largest absolute Gasteiger partial charge is 0.481 e. The van der Waals surface area contributed by atoms with Gasteiger partial charge in [0.1, 0.15) is 5.56 Å². The van der Waals surface area contributed by atoms with E-state index in [9.17, 15) is 38.0 Å². The number of alkyl halides is 3. The van der Waals surface area contributed by atoms with E-state index in [-0.39, 0.29) is 18.5 Å². The van der Waals surface area contributed by atoms with Crippen LogP contribution in [0, 0.1) is 22.0 Å². The molecule has 0 radical (unpaired) electrons. The van der Waals surface area contributed by atoms with Crippen LogP contribution in [0.5, 0.6) is 0 Å². The summed E-state index contributed by atoms with van der Waals surface area (Å²) in [5, 5.41) is 22.7. The Morgan fingerprint density at radius 2 is 1.96 bits per heavy atom. The van der Waals surface area contributed by atoms with Crippen LogP contribution in [0.3, 0.4) is 0 Å². The molecule has 1 aliphatic heterocycles. The molecule has 2 rings (SSSR count). The number of hydrogen-bond donors (Lipinski definition) is 2. The van der Waals surface area contributed by atoms with Gasteiger partial charge in [0, 0.05) is 25.8 Å². The Bertz CT molecular complexity index is 731. The fourth-order valence-electron chi connectivity index (χ4n) is 2.92. The number of nitrogens with zero attached hydrogens (tertiary/aromatic N) is 1. The second-order valence-corrected chi connectivity index (χ2v) is 6.09. The fourth-order valence-corrected chi connectivity index (χ4v) is 2.92. The number of nitrogens with one attached hydrogen (secondary N) is 1. The van der Waals surface area contributed by atoms with Crippen molar-refractivity contribution in [2.45, 2.75) is 19.0 Å². The van der Waals surface area contributed by atoms with Gasteiger partial charge in [-0.3, -0.25) is 19.7 Å². The number of carboxylic acid groups (broad SMARTS) is 1. The average molecular weight is 390 g/mol. The van der Waals surface area contributed by atoms with Crippen molar-refractivity contribution in [1.29, 1.82) is 0 Å². The molecule has 148 valence electrons. The van der Waals surface area contributed by atoms with Gasteiger partial charge in [-0.2, -0.15) is 13.2 Å². The van der Waals surface area contributed by atoms with Crippen LogP contribution in [-0.4, -0.2) is 41.7 Å². The van der Waals surface area contributed by atoms with Crippen LogP contribution in [0.1, 0.15) is 28.8 Å². The Labute approximate surface area is 151 Å². The van der Waals surface area contributed by atoms with Crippen molar-refractivity contribution in [2.75, 3.05) is 19.8 Å². The number of halogens is 3. The number of nitro benzene ring substituents is 1. The van der Waals surface area contributed by atoms with Crippen LogP contribution >= 0.6 is 0 Å². The van der Waals surface area contributed by atoms with Gasteiger partial charge in [-0.1, -0.05) is 0 Å². The Morgan fingerprint density at radius 1 is 1.33 bits per heavy atom. The fraction of sp³-hybridized carbons (Fsp3) is 0.500. The molecule has 1 aliphatic rings. The van der Waals surface area contributed by atoms with Gasteiger partial charge in [0.15, 0.2) is 0 Å². The zero-order valence-corrected chi connectivity index (χ0v) is 14.0. The number of hydrogen-bond acceptors (Lipinski definition) is 5. The highest BCUT2D eigenvalue weighted by Crippen LogP contribution is 2.33. The van der Waals surface area contributed by atoms with Crippen LogP contribution in [0.25, 0.3) is 0 Å². The summed E-state index contributed by atoms with van der Waals surface area (Å²) in [7, 11) is 0. The standard InChI is InChI=1S/C16H17F3N2O6/c17-16(18,19)10-1-2-11(13(7-10)21(25)26)14(22)20-8-12(15(23)24)9-3-5-27-6-4-9/h1-2,7,9,12H,3-6,8H2,(H,20,22)(H,23,24). The van der Waals surface area contributed by atoms with Crippen molar-refractivity contribution in [3.05, 3.63) is 39.4 Å². The van der Waals surface area contributed by atoms with E-state index in [0.717, 1.165) is 0 Å². The lowest BCUT2D eigenvalue weighted by atomic mass is 9.86. The topological polar surface area (TPSA) is 119 Å². The lowest BCUT2D eigenvalue weighted by Crippen LogP contribution is -2.39. The van der Waals surface area contributed by atoms with Gasteiger partial charge in [0.05, 0.1) is 16.4 Å². The number of amides is 1. The number of ether oxygens (including phenoxy) is 1. The smallest absolute Gasteiger partial charge is 0.416 e. The summed E-state index contributed by atoms with van der Waals surface area (Å²) in [4.78, 5) is 33.6. The molecule has 1 aromatic carbocycles. The summed E-state index contributed by atoms with van der Waals surface area (Å²) >= 11 is 0. The quantitative estimate of drug-likeness (QED) is 0.569. The summed E-state index contributed by atoms with van der Waals surface area (Å²) in [5.41, 5.74) is -2.82. The Morgan fingerprint density at radius 3 is 2.48 bits per heavy atom. The van der Waals surface area contributed by atoms with E-state index in [0.29, 0.717) is 38.2 Å². The molecule has 1 atom stereocenters. The number of carbonyl (C=O) groups is 2. The molecule has 1 heterocycles. The first-order valence-corrected chi connectivity index (χ1v) is 8.05. The third-order valence-electron chi connectivity index (χ3n) is 4.40. The van der Waals surface area contributed by atoms with Crippen LogP contribution in [-0.2, 0) is 15.7 Å². The predicted molar refractivity (Wildman–Crippen MR) is 85.1 cm³/mol. The first-order valence-electron chi connectivity index (χ1n) is 8.05.